The molecule has 1 rings (SSSR count). The van der Waals surface area contributed by atoms with Gasteiger partial charge in [0.05, 0.1) is 25.4 Å². The van der Waals surface area contributed by atoms with E-state index in [4.69, 9.17) is 9.47 Å². The summed E-state index contributed by atoms with van der Waals surface area (Å²) in [6, 6.07) is 0. The molecule has 0 aromatic rings. The van der Waals surface area contributed by atoms with E-state index in [1.165, 1.54) is 0 Å². The van der Waals surface area contributed by atoms with Gasteiger partial charge in [-0.2, -0.15) is 0 Å². The number of rotatable bonds is 5. The van der Waals surface area contributed by atoms with Gasteiger partial charge in [0.15, 0.2) is 0 Å². The second kappa shape index (κ2) is 6.43. The van der Waals surface area contributed by atoms with Crippen LogP contribution < -0.4 is 0 Å². The summed E-state index contributed by atoms with van der Waals surface area (Å²) in [6.45, 7) is 9.90. The zero-order chi connectivity index (χ0) is 11.3. The lowest BCUT2D eigenvalue weighted by atomic mass is 10.1. The Bertz CT molecular complexity index is 175. The van der Waals surface area contributed by atoms with Crippen molar-refractivity contribution in [1.29, 1.82) is 0 Å². The van der Waals surface area contributed by atoms with Gasteiger partial charge in [0, 0.05) is 13.1 Å². The third-order valence-corrected chi connectivity index (χ3v) is 2.65. The molecule has 4 heteroatoms. The molecule has 0 saturated carbocycles. The van der Waals surface area contributed by atoms with Gasteiger partial charge in [0.25, 0.3) is 0 Å². The van der Waals surface area contributed by atoms with Crippen molar-refractivity contribution >= 4 is 0 Å². The Morgan fingerprint density at radius 3 is 2.87 bits per heavy atom. The lowest BCUT2D eigenvalue weighted by molar-refractivity contribution is -0.114. The van der Waals surface area contributed by atoms with E-state index in [0.29, 0.717) is 13.2 Å². The molecule has 1 heterocycles. The molecular weight excluding hydrogens is 194 g/mol. The van der Waals surface area contributed by atoms with Gasteiger partial charge in [-0.1, -0.05) is 6.92 Å². The Balaban J connectivity index is 2.28. The number of hydrogen-bond acceptors (Lipinski definition) is 4. The highest BCUT2D eigenvalue weighted by Gasteiger charge is 2.26. The predicted octanol–water partition coefficient (Wildman–Crippen LogP) is 0.493. The highest BCUT2D eigenvalue weighted by atomic mass is 16.5. The van der Waals surface area contributed by atoms with E-state index in [-0.39, 0.29) is 12.2 Å². The van der Waals surface area contributed by atoms with E-state index in [9.17, 15) is 5.11 Å². The van der Waals surface area contributed by atoms with Crippen LogP contribution in [-0.2, 0) is 9.47 Å². The first-order valence-corrected chi connectivity index (χ1v) is 5.77. The molecule has 0 spiro atoms. The van der Waals surface area contributed by atoms with Crippen LogP contribution in [0, 0.1) is 0 Å². The Morgan fingerprint density at radius 1 is 1.53 bits per heavy atom. The molecule has 1 saturated heterocycles. The molecule has 2 atom stereocenters. The van der Waals surface area contributed by atoms with Gasteiger partial charge in [0.1, 0.15) is 6.10 Å². The minimum atomic E-state index is -0.512. The predicted molar refractivity (Wildman–Crippen MR) is 58.9 cm³/mol. The zero-order valence-corrected chi connectivity index (χ0v) is 9.98. The van der Waals surface area contributed by atoms with Gasteiger partial charge in [-0.25, -0.2) is 0 Å². The van der Waals surface area contributed by atoms with Crippen molar-refractivity contribution in [1.82, 2.24) is 4.90 Å². The van der Waals surface area contributed by atoms with Crippen LogP contribution in [0.2, 0.25) is 0 Å². The first-order valence-electron chi connectivity index (χ1n) is 5.77. The van der Waals surface area contributed by atoms with Crippen molar-refractivity contribution in [2.24, 2.45) is 0 Å². The fourth-order valence-electron chi connectivity index (χ4n) is 1.65. The van der Waals surface area contributed by atoms with Crippen molar-refractivity contribution in [2.75, 3.05) is 32.8 Å². The Morgan fingerprint density at radius 2 is 2.27 bits per heavy atom. The normalized spacial score (nSPS) is 25.8. The topological polar surface area (TPSA) is 41.9 Å². The smallest absolute Gasteiger partial charge is 0.105 e. The van der Waals surface area contributed by atoms with Gasteiger partial charge in [-0.05, 0) is 20.4 Å². The summed E-state index contributed by atoms with van der Waals surface area (Å²) in [5.74, 6) is 0. The maximum Gasteiger partial charge on any atom is 0.105 e. The molecule has 0 amide bonds. The number of aliphatic hydroxyl groups excluding tert-OH is 1. The minimum Gasteiger partial charge on any atom is -0.388 e. The monoisotopic (exact) mass is 217 g/mol. The van der Waals surface area contributed by atoms with Crippen LogP contribution in [0.4, 0.5) is 0 Å². The van der Waals surface area contributed by atoms with E-state index >= 15 is 0 Å². The van der Waals surface area contributed by atoms with Crippen LogP contribution in [0.5, 0.6) is 0 Å². The SMILES string of the molecule is CCN1CCOC(C(O)COC(C)C)C1. The molecule has 0 aromatic heterocycles. The first kappa shape index (κ1) is 12.9. The quantitative estimate of drug-likeness (QED) is 0.728. The van der Waals surface area contributed by atoms with E-state index in [1.807, 2.05) is 13.8 Å². The molecule has 0 aliphatic carbocycles. The molecule has 15 heavy (non-hydrogen) atoms. The number of hydrogen-bond donors (Lipinski definition) is 1. The summed E-state index contributed by atoms with van der Waals surface area (Å²) < 4.78 is 10.9. The minimum absolute atomic E-state index is 0.0996. The Kier molecular flexibility index (Phi) is 5.53. The standard InChI is InChI=1S/C11H23NO3/c1-4-12-5-6-14-11(7-12)10(13)8-15-9(2)3/h9-11,13H,4-8H2,1-3H3. The zero-order valence-electron chi connectivity index (χ0n) is 9.98. The third-order valence-electron chi connectivity index (χ3n) is 2.65. The fourth-order valence-corrected chi connectivity index (χ4v) is 1.65. The number of nitrogens with zero attached hydrogens (tertiary/aromatic N) is 1. The van der Waals surface area contributed by atoms with Crippen molar-refractivity contribution in [3.63, 3.8) is 0 Å². The van der Waals surface area contributed by atoms with Crippen molar-refractivity contribution in [3.8, 4) is 0 Å². The van der Waals surface area contributed by atoms with E-state index in [1.54, 1.807) is 0 Å². The van der Waals surface area contributed by atoms with E-state index in [2.05, 4.69) is 11.8 Å². The molecule has 1 aliphatic rings. The van der Waals surface area contributed by atoms with Gasteiger partial charge in [0.2, 0.25) is 0 Å². The summed E-state index contributed by atoms with van der Waals surface area (Å²) in [5.41, 5.74) is 0. The van der Waals surface area contributed by atoms with Crippen LogP contribution >= 0.6 is 0 Å². The Hall–Kier alpha value is -0.160. The third kappa shape index (κ3) is 4.47. The summed E-state index contributed by atoms with van der Waals surface area (Å²) >= 11 is 0. The number of ether oxygens (including phenoxy) is 2. The van der Waals surface area contributed by atoms with Crippen molar-refractivity contribution in [3.05, 3.63) is 0 Å². The van der Waals surface area contributed by atoms with Crippen LogP contribution in [0.1, 0.15) is 20.8 Å². The van der Waals surface area contributed by atoms with Gasteiger partial charge in [-0.3, -0.25) is 4.90 Å². The summed E-state index contributed by atoms with van der Waals surface area (Å²) in [6.07, 6.45) is -0.454. The lowest BCUT2D eigenvalue weighted by Crippen LogP contribution is -2.48. The second-order valence-corrected chi connectivity index (χ2v) is 4.25. The van der Waals surface area contributed by atoms with Crippen LogP contribution in [0.3, 0.4) is 0 Å². The maximum atomic E-state index is 9.86. The number of likely N-dealkylation sites (N-methyl/N-ethyl adjacent to an activating group) is 1. The van der Waals surface area contributed by atoms with E-state index in [0.717, 1.165) is 19.6 Å². The molecule has 0 bridgehead atoms. The average Bonchev–Trinajstić information content (AvgIpc) is 2.26. The molecule has 2 unspecified atom stereocenters. The number of aliphatic hydroxyl groups is 1. The summed E-state index contributed by atoms with van der Waals surface area (Å²) in [7, 11) is 0. The Labute approximate surface area is 92.2 Å². The molecule has 90 valence electrons. The van der Waals surface area contributed by atoms with Crippen LogP contribution in [-0.4, -0.2) is 61.2 Å². The summed E-state index contributed by atoms with van der Waals surface area (Å²) in [5, 5.41) is 9.86. The molecule has 0 radical (unpaired) electrons. The average molecular weight is 217 g/mol. The molecule has 1 N–H and O–H groups in total. The first-order chi connectivity index (χ1) is 7.13. The highest BCUT2D eigenvalue weighted by Crippen LogP contribution is 2.09. The second-order valence-electron chi connectivity index (χ2n) is 4.25. The summed E-state index contributed by atoms with van der Waals surface area (Å²) in [4.78, 5) is 2.28. The van der Waals surface area contributed by atoms with Gasteiger partial charge < -0.3 is 14.6 Å². The van der Waals surface area contributed by atoms with Crippen LogP contribution in [0.15, 0.2) is 0 Å². The van der Waals surface area contributed by atoms with Crippen molar-refractivity contribution < 1.29 is 14.6 Å². The molecule has 4 nitrogen and oxygen atoms in total. The fraction of sp³-hybridized carbons (Fsp3) is 1.00. The highest BCUT2D eigenvalue weighted by molar-refractivity contribution is 4.77. The number of morpholine rings is 1. The van der Waals surface area contributed by atoms with Gasteiger partial charge in [-0.15, -0.1) is 0 Å². The van der Waals surface area contributed by atoms with Crippen LogP contribution in [0.25, 0.3) is 0 Å². The molecule has 1 aliphatic heterocycles. The molecule has 0 aromatic carbocycles. The molecule has 1 fully saturated rings. The molecular formula is C11H23NO3. The maximum absolute atomic E-state index is 9.86. The lowest BCUT2D eigenvalue weighted by Gasteiger charge is -2.34. The van der Waals surface area contributed by atoms with E-state index < -0.39 is 6.10 Å². The van der Waals surface area contributed by atoms with Crippen molar-refractivity contribution in [2.45, 2.75) is 39.1 Å². The largest absolute Gasteiger partial charge is 0.388 e. The van der Waals surface area contributed by atoms with Gasteiger partial charge >= 0.3 is 0 Å².